The summed E-state index contributed by atoms with van der Waals surface area (Å²) in [5.74, 6) is -0.732. The van der Waals surface area contributed by atoms with Gasteiger partial charge in [0.2, 0.25) is 0 Å². The van der Waals surface area contributed by atoms with Crippen LogP contribution in [0.25, 0.3) is 11.3 Å². The molecule has 0 saturated carbocycles. The molecule has 1 heterocycles. The van der Waals surface area contributed by atoms with Crippen molar-refractivity contribution in [3.63, 3.8) is 0 Å². The van der Waals surface area contributed by atoms with Gasteiger partial charge in [-0.25, -0.2) is 4.79 Å². The first-order chi connectivity index (χ1) is 10.1. The molecular weight excluding hydrogens is 274 g/mol. The van der Waals surface area contributed by atoms with Crippen molar-refractivity contribution in [3.8, 4) is 17.0 Å². The van der Waals surface area contributed by atoms with Crippen molar-refractivity contribution in [3.05, 3.63) is 52.3 Å². The van der Waals surface area contributed by atoms with Crippen LogP contribution >= 0.6 is 0 Å². The Morgan fingerprint density at radius 1 is 1.24 bits per heavy atom. The van der Waals surface area contributed by atoms with Gasteiger partial charge in [0.15, 0.2) is 0 Å². The van der Waals surface area contributed by atoms with Gasteiger partial charge in [0.05, 0.1) is 19.4 Å². The lowest BCUT2D eigenvalue weighted by atomic mass is 10.1. The number of hydrogen-bond donors (Lipinski definition) is 2. The number of benzene rings is 1. The minimum Gasteiger partial charge on any atom is -0.496 e. The molecule has 0 spiro atoms. The first-order valence-electron chi connectivity index (χ1n) is 6.31. The number of carboxylic acid groups (broad SMARTS) is 1. The number of rotatable bonds is 5. The molecule has 0 radical (unpaired) electrons. The normalized spacial score (nSPS) is 10.4. The molecule has 0 aliphatic rings. The van der Waals surface area contributed by atoms with E-state index in [9.17, 15) is 9.59 Å². The van der Waals surface area contributed by atoms with Crippen LogP contribution in [0.3, 0.4) is 0 Å². The second-order valence-electron chi connectivity index (χ2n) is 4.32. The fraction of sp³-hybridized carbons (Fsp3) is 0.200. The van der Waals surface area contributed by atoms with Crippen molar-refractivity contribution in [2.24, 2.45) is 0 Å². The van der Waals surface area contributed by atoms with Crippen molar-refractivity contribution in [2.75, 3.05) is 13.7 Å². The molecule has 6 heteroatoms. The summed E-state index contributed by atoms with van der Waals surface area (Å²) in [5.41, 5.74) is 0.168. The molecule has 0 unspecified atom stereocenters. The molecule has 21 heavy (non-hydrogen) atoms. The van der Waals surface area contributed by atoms with Crippen LogP contribution in [0, 0.1) is 0 Å². The highest BCUT2D eigenvalue weighted by atomic mass is 16.5. The monoisotopic (exact) mass is 289 g/mol. The van der Waals surface area contributed by atoms with Gasteiger partial charge < -0.3 is 19.5 Å². The summed E-state index contributed by atoms with van der Waals surface area (Å²) in [6.45, 7) is -0.265. The van der Waals surface area contributed by atoms with Crippen LogP contribution in [0.15, 0.2) is 41.2 Å². The van der Waals surface area contributed by atoms with Crippen LogP contribution in [0.2, 0.25) is 0 Å². The third kappa shape index (κ3) is 2.80. The van der Waals surface area contributed by atoms with Crippen molar-refractivity contribution in [1.82, 2.24) is 4.57 Å². The van der Waals surface area contributed by atoms with Crippen LogP contribution in [0.5, 0.6) is 5.75 Å². The lowest BCUT2D eigenvalue weighted by Crippen LogP contribution is -2.28. The van der Waals surface area contributed by atoms with Crippen molar-refractivity contribution in [1.29, 1.82) is 0 Å². The Morgan fingerprint density at radius 2 is 1.95 bits per heavy atom. The van der Waals surface area contributed by atoms with Gasteiger partial charge in [0.25, 0.3) is 5.56 Å². The minimum absolute atomic E-state index is 0.00728. The highest BCUT2D eigenvalue weighted by Crippen LogP contribution is 2.28. The summed E-state index contributed by atoms with van der Waals surface area (Å²) in [4.78, 5) is 23.3. The molecule has 0 aliphatic heterocycles. The Labute approximate surface area is 120 Å². The number of aliphatic hydroxyl groups excluding tert-OH is 1. The second-order valence-corrected chi connectivity index (χ2v) is 4.32. The zero-order valence-electron chi connectivity index (χ0n) is 11.4. The summed E-state index contributed by atoms with van der Waals surface area (Å²) >= 11 is 0. The average molecular weight is 289 g/mol. The number of pyridine rings is 1. The summed E-state index contributed by atoms with van der Waals surface area (Å²) in [6, 6.07) is 9.90. The first-order valence-corrected chi connectivity index (χ1v) is 6.31. The Morgan fingerprint density at radius 3 is 2.57 bits per heavy atom. The Kier molecular flexibility index (Phi) is 4.39. The topological polar surface area (TPSA) is 88.8 Å². The van der Waals surface area contributed by atoms with Gasteiger partial charge in [0.1, 0.15) is 11.3 Å². The molecule has 1 aromatic heterocycles. The molecule has 2 aromatic rings. The van der Waals surface area contributed by atoms with Crippen LogP contribution in [0.1, 0.15) is 10.4 Å². The van der Waals surface area contributed by atoms with E-state index in [0.717, 1.165) is 0 Å². The lowest BCUT2D eigenvalue weighted by Gasteiger charge is -2.15. The van der Waals surface area contributed by atoms with Gasteiger partial charge in [-0.1, -0.05) is 12.1 Å². The van der Waals surface area contributed by atoms with Crippen molar-refractivity contribution < 1.29 is 19.7 Å². The maximum atomic E-state index is 12.2. The molecule has 2 rings (SSSR count). The molecule has 6 nitrogen and oxygen atoms in total. The molecule has 0 fully saturated rings. The standard InChI is InChI=1S/C15H15NO5/c1-21-13-5-3-2-4-10(13)12-7-6-11(15(19)20)14(18)16(12)8-9-17/h2-7,17H,8-9H2,1H3,(H,19,20). The predicted octanol–water partition coefficient (Wildman–Crippen LogP) is 1.21. The Bertz CT molecular complexity index is 720. The maximum absolute atomic E-state index is 12.2. The number of methoxy groups -OCH3 is 1. The van der Waals surface area contributed by atoms with Gasteiger partial charge in [-0.05, 0) is 24.3 Å². The summed E-state index contributed by atoms with van der Waals surface area (Å²) in [7, 11) is 1.51. The number of ether oxygens (including phenoxy) is 1. The molecule has 1 aromatic carbocycles. The van der Waals surface area contributed by atoms with Gasteiger partial charge in [0, 0.05) is 12.1 Å². The van der Waals surface area contributed by atoms with E-state index in [2.05, 4.69) is 0 Å². The smallest absolute Gasteiger partial charge is 0.341 e. The zero-order valence-corrected chi connectivity index (χ0v) is 11.4. The third-order valence-electron chi connectivity index (χ3n) is 3.11. The van der Waals surface area contributed by atoms with E-state index in [1.165, 1.54) is 17.7 Å². The fourth-order valence-electron chi connectivity index (χ4n) is 2.15. The third-order valence-corrected chi connectivity index (χ3v) is 3.11. The molecule has 0 amide bonds. The van der Waals surface area contributed by atoms with Gasteiger partial charge in [-0.2, -0.15) is 0 Å². The van der Waals surface area contributed by atoms with E-state index < -0.39 is 11.5 Å². The number of aliphatic hydroxyl groups is 1. The number of carbonyl (C=O) groups is 1. The molecule has 0 atom stereocenters. The quantitative estimate of drug-likeness (QED) is 0.863. The van der Waals surface area contributed by atoms with Crippen LogP contribution in [-0.2, 0) is 6.54 Å². The van der Waals surface area contributed by atoms with Crippen molar-refractivity contribution in [2.45, 2.75) is 6.54 Å². The van der Waals surface area contributed by atoms with E-state index in [1.807, 2.05) is 0 Å². The summed E-state index contributed by atoms with van der Waals surface area (Å²) in [5, 5.41) is 18.2. The minimum atomic E-state index is -1.29. The van der Waals surface area contributed by atoms with Gasteiger partial charge in [-0.3, -0.25) is 4.79 Å². The Hall–Kier alpha value is -2.60. The van der Waals surface area contributed by atoms with Crippen molar-refractivity contribution >= 4 is 5.97 Å². The highest BCUT2D eigenvalue weighted by molar-refractivity contribution is 5.87. The molecule has 0 bridgehead atoms. The molecule has 0 saturated heterocycles. The fourth-order valence-corrected chi connectivity index (χ4v) is 2.15. The highest BCUT2D eigenvalue weighted by Gasteiger charge is 2.16. The number of nitrogens with zero attached hydrogens (tertiary/aromatic N) is 1. The predicted molar refractivity (Wildman–Crippen MR) is 76.7 cm³/mol. The van der Waals surface area contributed by atoms with E-state index in [1.54, 1.807) is 30.3 Å². The number of para-hydroxylation sites is 1. The maximum Gasteiger partial charge on any atom is 0.341 e. The number of hydrogen-bond acceptors (Lipinski definition) is 4. The van der Waals surface area contributed by atoms with Gasteiger partial charge >= 0.3 is 5.97 Å². The molecular formula is C15H15NO5. The molecule has 110 valence electrons. The lowest BCUT2D eigenvalue weighted by molar-refractivity contribution is 0.0694. The van der Waals surface area contributed by atoms with E-state index in [4.69, 9.17) is 14.9 Å². The molecule has 2 N–H and O–H groups in total. The molecule has 0 aliphatic carbocycles. The summed E-state index contributed by atoms with van der Waals surface area (Å²) < 4.78 is 6.49. The zero-order chi connectivity index (χ0) is 15.4. The van der Waals surface area contributed by atoms with Crippen LogP contribution in [0.4, 0.5) is 0 Å². The second kappa shape index (κ2) is 6.23. The number of carboxylic acids is 1. The Balaban J connectivity index is 2.72. The number of aromatic carboxylic acids is 1. The SMILES string of the molecule is COc1ccccc1-c1ccc(C(=O)O)c(=O)n1CCO. The van der Waals surface area contributed by atoms with E-state index in [-0.39, 0.29) is 18.7 Å². The van der Waals surface area contributed by atoms with E-state index in [0.29, 0.717) is 17.0 Å². The van der Waals surface area contributed by atoms with E-state index >= 15 is 0 Å². The summed E-state index contributed by atoms with van der Waals surface area (Å²) in [6.07, 6.45) is 0. The first kappa shape index (κ1) is 14.8. The van der Waals surface area contributed by atoms with Gasteiger partial charge in [-0.15, -0.1) is 0 Å². The van der Waals surface area contributed by atoms with Crippen LogP contribution in [-0.4, -0.2) is 34.5 Å². The number of aromatic nitrogens is 1. The largest absolute Gasteiger partial charge is 0.496 e. The average Bonchev–Trinajstić information content (AvgIpc) is 2.49. The van der Waals surface area contributed by atoms with Crippen LogP contribution < -0.4 is 10.3 Å².